The van der Waals surface area contributed by atoms with Gasteiger partial charge in [0.2, 0.25) is 0 Å². The van der Waals surface area contributed by atoms with E-state index in [2.05, 4.69) is 39.5 Å². The van der Waals surface area contributed by atoms with Gasteiger partial charge in [-0.2, -0.15) is 0 Å². The molecular formula is C11H20. The molecular weight excluding hydrogens is 132 g/mol. The first kappa shape index (κ1) is 10.5. The summed E-state index contributed by atoms with van der Waals surface area (Å²) in [5.74, 6) is 1.24. The maximum atomic E-state index is 3.81. The second-order valence-corrected chi connectivity index (χ2v) is 3.27. The molecule has 0 aliphatic heterocycles. The molecule has 1 atom stereocenters. The SMILES string of the molecule is C=CC(C=CCCC)C(C)C. The summed E-state index contributed by atoms with van der Waals surface area (Å²) in [6, 6.07) is 0. The van der Waals surface area contributed by atoms with Crippen molar-refractivity contribution >= 4 is 0 Å². The molecule has 0 spiro atoms. The summed E-state index contributed by atoms with van der Waals surface area (Å²) in [5.41, 5.74) is 0. The minimum Gasteiger partial charge on any atom is -0.102 e. The summed E-state index contributed by atoms with van der Waals surface area (Å²) >= 11 is 0. The second-order valence-electron chi connectivity index (χ2n) is 3.27. The van der Waals surface area contributed by atoms with E-state index in [4.69, 9.17) is 0 Å². The Morgan fingerprint density at radius 2 is 2.00 bits per heavy atom. The van der Waals surface area contributed by atoms with Crippen LogP contribution in [-0.4, -0.2) is 0 Å². The van der Waals surface area contributed by atoms with Crippen molar-refractivity contribution in [2.45, 2.75) is 33.6 Å². The van der Waals surface area contributed by atoms with Crippen LogP contribution in [0.1, 0.15) is 33.6 Å². The zero-order chi connectivity index (χ0) is 8.69. The predicted molar refractivity (Wildman–Crippen MR) is 52.6 cm³/mol. The van der Waals surface area contributed by atoms with Crippen molar-refractivity contribution in [3.8, 4) is 0 Å². The molecule has 11 heavy (non-hydrogen) atoms. The zero-order valence-electron chi connectivity index (χ0n) is 8.01. The Hall–Kier alpha value is -0.520. The van der Waals surface area contributed by atoms with E-state index in [9.17, 15) is 0 Å². The Balaban J connectivity index is 3.76. The van der Waals surface area contributed by atoms with Crippen molar-refractivity contribution in [1.29, 1.82) is 0 Å². The van der Waals surface area contributed by atoms with Gasteiger partial charge >= 0.3 is 0 Å². The molecule has 0 aliphatic rings. The van der Waals surface area contributed by atoms with Gasteiger partial charge in [-0.1, -0.05) is 45.4 Å². The summed E-state index contributed by atoms with van der Waals surface area (Å²) in [6.45, 7) is 10.5. The summed E-state index contributed by atoms with van der Waals surface area (Å²) in [7, 11) is 0. The highest BCUT2D eigenvalue weighted by Crippen LogP contribution is 2.13. The molecule has 64 valence electrons. The van der Waals surface area contributed by atoms with Gasteiger partial charge in [0, 0.05) is 0 Å². The first-order valence-electron chi connectivity index (χ1n) is 4.51. The largest absolute Gasteiger partial charge is 0.102 e. The summed E-state index contributed by atoms with van der Waals surface area (Å²) in [6.07, 6.45) is 8.97. The fourth-order valence-electron chi connectivity index (χ4n) is 0.993. The smallest absolute Gasteiger partial charge is 0.00331 e. The quantitative estimate of drug-likeness (QED) is 0.526. The molecule has 0 N–H and O–H groups in total. The van der Waals surface area contributed by atoms with Gasteiger partial charge in [-0.05, 0) is 18.3 Å². The number of hydrogen-bond acceptors (Lipinski definition) is 0. The van der Waals surface area contributed by atoms with Gasteiger partial charge < -0.3 is 0 Å². The molecule has 0 aliphatic carbocycles. The first-order chi connectivity index (χ1) is 5.22. The van der Waals surface area contributed by atoms with Crippen molar-refractivity contribution in [3.05, 3.63) is 24.8 Å². The Morgan fingerprint density at radius 3 is 2.36 bits per heavy atom. The molecule has 0 heteroatoms. The lowest BCUT2D eigenvalue weighted by Crippen LogP contribution is -2.00. The van der Waals surface area contributed by atoms with Crippen LogP contribution < -0.4 is 0 Å². The van der Waals surface area contributed by atoms with Gasteiger partial charge in [-0.15, -0.1) is 6.58 Å². The molecule has 0 heterocycles. The first-order valence-corrected chi connectivity index (χ1v) is 4.51. The highest BCUT2D eigenvalue weighted by atomic mass is 14.1. The van der Waals surface area contributed by atoms with Gasteiger partial charge in [0.25, 0.3) is 0 Å². The average molecular weight is 152 g/mol. The van der Waals surface area contributed by atoms with Crippen LogP contribution in [0, 0.1) is 11.8 Å². The topological polar surface area (TPSA) is 0 Å². The molecule has 0 saturated carbocycles. The van der Waals surface area contributed by atoms with Crippen LogP contribution >= 0.6 is 0 Å². The van der Waals surface area contributed by atoms with E-state index in [1.165, 1.54) is 12.8 Å². The lowest BCUT2D eigenvalue weighted by Gasteiger charge is -2.10. The van der Waals surface area contributed by atoms with Crippen LogP contribution in [0.15, 0.2) is 24.8 Å². The maximum Gasteiger partial charge on any atom is -0.00331 e. The maximum absolute atomic E-state index is 3.81. The van der Waals surface area contributed by atoms with Crippen LogP contribution in [0.4, 0.5) is 0 Å². The van der Waals surface area contributed by atoms with Crippen molar-refractivity contribution in [2.75, 3.05) is 0 Å². The lowest BCUT2D eigenvalue weighted by molar-refractivity contribution is 0.550. The van der Waals surface area contributed by atoms with Crippen molar-refractivity contribution < 1.29 is 0 Å². The van der Waals surface area contributed by atoms with Gasteiger partial charge in [0.15, 0.2) is 0 Å². The van der Waals surface area contributed by atoms with Crippen molar-refractivity contribution in [3.63, 3.8) is 0 Å². The highest BCUT2D eigenvalue weighted by molar-refractivity contribution is 4.98. The monoisotopic (exact) mass is 152 g/mol. The Morgan fingerprint density at radius 1 is 1.36 bits per heavy atom. The lowest BCUT2D eigenvalue weighted by atomic mass is 9.95. The van der Waals surface area contributed by atoms with E-state index in [1.54, 1.807) is 0 Å². The van der Waals surface area contributed by atoms with Gasteiger partial charge in [-0.3, -0.25) is 0 Å². The van der Waals surface area contributed by atoms with E-state index in [1.807, 2.05) is 6.08 Å². The van der Waals surface area contributed by atoms with E-state index < -0.39 is 0 Å². The molecule has 0 aromatic heterocycles. The fraction of sp³-hybridized carbons (Fsp3) is 0.636. The zero-order valence-corrected chi connectivity index (χ0v) is 8.01. The number of allylic oxidation sites excluding steroid dienone is 3. The van der Waals surface area contributed by atoms with Crippen LogP contribution in [0.25, 0.3) is 0 Å². The van der Waals surface area contributed by atoms with Crippen molar-refractivity contribution in [1.82, 2.24) is 0 Å². The van der Waals surface area contributed by atoms with Gasteiger partial charge in [0.1, 0.15) is 0 Å². The predicted octanol–water partition coefficient (Wildman–Crippen LogP) is 3.80. The molecule has 0 bridgehead atoms. The van der Waals surface area contributed by atoms with Crippen LogP contribution in [0.3, 0.4) is 0 Å². The standard InChI is InChI=1S/C11H20/c1-5-7-8-9-11(6-2)10(3)4/h6,8-11H,2,5,7H2,1,3-4H3. The Kier molecular flexibility index (Phi) is 5.91. The van der Waals surface area contributed by atoms with Crippen molar-refractivity contribution in [2.24, 2.45) is 11.8 Å². The number of unbranched alkanes of at least 4 members (excludes halogenated alkanes) is 1. The van der Waals surface area contributed by atoms with E-state index in [0.29, 0.717) is 11.8 Å². The van der Waals surface area contributed by atoms with Gasteiger partial charge in [0.05, 0.1) is 0 Å². The molecule has 0 aromatic carbocycles. The third-order valence-electron chi connectivity index (χ3n) is 1.86. The molecule has 0 saturated heterocycles. The molecule has 0 aromatic rings. The third kappa shape index (κ3) is 4.83. The Labute approximate surface area is 71.0 Å². The highest BCUT2D eigenvalue weighted by Gasteiger charge is 2.02. The number of hydrogen-bond donors (Lipinski definition) is 0. The third-order valence-corrected chi connectivity index (χ3v) is 1.86. The van der Waals surface area contributed by atoms with Crippen LogP contribution in [-0.2, 0) is 0 Å². The van der Waals surface area contributed by atoms with E-state index >= 15 is 0 Å². The summed E-state index contributed by atoms with van der Waals surface area (Å²) < 4.78 is 0. The molecule has 0 nitrogen and oxygen atoms in total. The normalized spacial score (nSPS) is 14.2. The van der Waals surface area contributed by atoms with E-state index in [-0.39, 0.29) is 0 Å². The minimum absolute atomic E-state index is 0.557. The molecule has 0 rings (SSSR count). The Bertz CT molecular complexity index is 120. The number of rotatable bonds is 5. The second kappa shape index (κ2) is 6.21. The summed E-state index contributed by atoms with van der Waals surface area (Å²) in [4.78, 5) is 0. The molecule has 0 radical (unpaired) electrons. The summed E-state index contributed by atoms with van der Waals surface area (Å²) in [5, 5.41) is 0. The van der Waals surface area contributed by atoms with Crippen LogP contribution in [0.5, 0.6) is 0 Å². The van der Waals surface area contributed by atoms with Gasteiger partial charge in [-0.25, -0.2) is 0 Å². The molecule has 1 unspecified atom stereocenters. The fourth-order valence-corrected chi connectivity index (χ4v) is 0.993. The molecule has 0 amide bonds. The minimum atomic E-state index is 0.557. The van der Waals surface area contributed by atoms with Crippen LogP contribution in [0.2, 0.25) is 0 Å². The molecule has 0 fully saturated rings. The van der Waals surface area contributed by atoms with E-state index in [0.717, 1.165) is 0 Å². The average Bonchev–Trinajstić information content (AvgIpc) is 1.97.